The monoisotopic (exact) mass is 1180 g/mol. The number of carbonyl (C=O) groups is 2. The number of aromatic nitrogens is 6. The van der Waals surface area contributed by atoms with E-state index in [1.165, 1.54) is 22.3 Å². The third-order valence-electron chi connectivity index (χ3n) is 16.6. The van der Waals surface area contributed by atoms with E-state index in [9.17, 15) is 24.3 Å². The van der Waals surface area contributed by atoms with Gasteiger partial charge < -0.3 is 30.4 Å². The van der Waals surface area contributed by atoms with Crippen molar-refractivity contribution in [3.05, 3.63) is 188 Å². The molecule has 12 rings (SSSR count). The summed E-state index contributed by atoms with van der Waals surface area (Å²) in [6, 6.07) is 36.0. The maximum atomic E-state index is 13.3. The summed E-state index contributed by atoms with van der Waals surface area (Å²) in [4.78, 5) is 70.6. The number of halogens is 4. The number of methoxy groups -OCH3 is 1. The van der Waals surface area contributed by atoms with Gasteiger partial charge in [-0.3, -0.25) is 38.5 Å². The maximum absolute atomic E-state index is 13.3. The first-order chi connectivity index (χ1) is 37.6. The number of aromatic hydroxyl groups is 1. The van der Waals surface area contributed by atoms with Crippen LogP contribution in [-0.4, -0.2) is 114 Å². The van der Waals surface area contributed by atoms with Crippen molar-refractivity contribution in [3.63, 3.8) is 0 Å². The Bertz CT molecular complexity index is 3470. The molecule has 4 aliphatic rings. The first-order valence-corrected chi connectivity index (χ1v) is 27.3. The van der Waals surface area contributed by atoms with Crippen LogP contribution in [0.4, 0.5) is 0 Å². The Morgan fingerprint density at radius 1 is 0.580 bits per heavy atom. The minimum atomic E-state index is -0.0621. The molecule has 0 radical (unpaired) electrons. The number of benzene rings is 4. The molecule has 2 aliphatic carbocycles. The molecule has 8 aromatic rings. The van der Waals surface area contributed by atoms with Crippen molar-refractivity contribution in [2.45, 2.75) is 100 Å². The Balaban J connectivity index is 0.000000223. The van der Waals surface area contributed by atoms with E-state index in [0.29, 0.717) is 13.1 Å². The van der Waals surface area contributed by atoms with Crippen LogP contribution in [0.5, 0.6) is 11.5 Å². The summed E-state index contributed by atoms with van der Waals surface area (Å²) in [5.41, 5.74) is 10.7. The van der Waals surface area contributed by atoms with Crippen LogP contribution in [0.25, 0.3) is 22.1 Å². The molecule has 2 amide bonds. The lowest BCUT2D eigenvalue weighted by molar-refractivity contribution is -0.124. The van der Waals surface area contributed by atoms with Crippen LogP contribution in [-0.2, 0) is 35.3 Å². The summed E-state index contributed by atoms with van der Waals surface area (Å²) in [6.07, 6.45) is 15.8. The standard InChI is InChI=1S/C31H35N5O3.C30H33N5O3.4ClH/c1-39-24-9-10-25-22(18-24)8-11-27(26(25)17-21-5-4-14-32-19-21)33-30(37)20-35-15-12-23(13-16-35)36-29-7-3-2-6-28(29)34-31(36)38;36-23-8-9-24-21(17-23)7-10-26(25(24)16-20-4-3-13-31-18-20)32-29(37)19-34-14-11-22(12-15-34)35-28-6-2-1-5-27(28)33-30(35)38;;;;/h2-7,9-10,14,18-19,23,26-27H,8,11-13,15-17,20H2,1H3,(H,33,37)(H,34,38);1-6,8-9,13,17-18,22,25-26,36H,7,10-12,14-16,19H2,(H,32,37)(H,33,38);4*1H. The molecule has 20 heteroatoms. The van der Waals surface area contributed by atoms with Crippen LogP contribution in [0.3, 0.4) is 0 Å². The number of aryl methyl sites for hydroxylation is 2. The van der Waals surface area contributed by atoms with Crippen molar-refractivity contribution in [2.75, 3.05) is 46.4 Å². The number of rotatable bonds is 13. The molecule has 4 atom stereocenters. The number of phenols is 1. The highest BCUT2D eigenvalue weighted by Gasteiger charge is 2.34. The van der Waals surface area contributed by atoms with Gasteiger partial charge in [0.05, 0.1) is 42.3 Å². The molecule has 2 fully saturated rings. The zero-order valence-corrected chi connectivity index (χ0v) is 48.6. The van der Waals surface area contributed by atoms with E-state index in [2.05, 4.69) is 64.6 Å². The lowest BCUT2D eigenvalue weighted by atomic mass is 9.76. The lowest BCUT2D eigenvalue weighted by Gasteiger charge is -2.36. The third kappa shape index (κ3) is 14.3. The van der Waals surface area contributed by atoms with Crippen LogP contribution in [0.2, 0.25) is 0 Å². The summed E-state index contributed by atoms with van der Waals surface area (Å²) in [6.45, 7) is 3.86. The number of ether oxygens (including phenoxy) is 1. The van der Waals surface area contributed by atoms with Crippen LogP contribution in [0.1, 0.15) is 95.8 Å². The molecule has 2 aliphatic heterocycles. The van der Waals surface area contributed by atoms with Gasteiger partial charge in [0.1, 0.15) is 11.5 Å². The lowest BCUT2D eigenvalue weighted by Crippen LogP contribution is -2.48. The van der Waals surface area contributed by atoms with E-state index in [1.54, 1.807) is 25.6 Å². The second-order valence-corrected chi connectivity index (χ2v) is 21.4. The summed E-state index contributed by atoms with van der Waals surface area (Å²) >= 11 is 0. The number of amides is 2. The molecular formula is C61H72Cl4N10O6. The van der Waals surface area contributed by atoms with E-state index in [-0.39, 0.29) is 115 Å². The number of hydrogen-bond acceptors (Lipinski definition) is 10. The van der Waals surface area contributed by atoms with Gasteiger partial charge in [0.2, 0.25) is 11.8 Å². The van der Waals surface area contributed by atoms with Gasteiger partial charge in [-0.15, -0.1) is 49.6 Å². The first-order valence-electron chi connectivity index (χ1n) is 27.3. The number of para-hydroxylation sites is 4. The first kappa shape index (κ1) is 61.9. The van der Waals surface area contributed by atoms with Gasteiger partial charge in [0.25, 0.3) is 0 Å². The molecule has 0 saturated carbocycles. The number of phenolic OH excluding ortho intramolecular Hbond substituents is 1. The van der Waals surface area contributed by atoms with Gasteiger partial charge in [0, 0.05) is 87.0 Å². The molecule has 5 N–H and O–H groups in total. The number of likely N-dealkylation sites (tertiary alicyclic amines) is 2. The third-order valence-corrected chi connectivity index (χ3v) is 16.6. The number of H-pyrrole nitrogens is 2. The smallest absolute Gasteiger partial charge is 0.326 e. The maximum Gasteiger partial charge on any atom is 0.326 e. The van der Waals surface area contributed by atoms with Crippen molar-refractivity contribution in [2.24, 2.45) is 0 Å². The highest BCUT2D eigenvalue weighted by atomic mass is 35.5. The molecule has 0 spiro atoms. The average molecular weight is 1180 g/mol. The molecule has 6 heterocycles. The van der Waals surface area contributed by atoms with Crippen molar-refractivity contribution in [1.29, 1.82) is 0 Å². The molecule has 81 heavy (non-hydrogen) atoms. The highest BCUT2D eigenvalue weighted by Crippen LogP contribution is 2.38. The Hall–Kier alpha value is -6.66. The number of hydrogen-bond donors (Lipinski definition) is 5. The minimum Gasteiger partial charge on any atom is -0.508 e. The molecule has 16 nitrogen and oxygen atoms in total. The minimum absolute atomic E-state index is 0. The van der Waals surface area contributed by atoms with Gasteiger partial charge in [-0.25, -0.2) is 9.59 Å². The van der Waals surface area contributed by atoms with Crippen molar-refractivity contribution in [1.82, 2.24) is 49.5 Å². The largest absolute Gasteiger partial charge is 0.508 e. The van der Waals surface area contributed by atoms with Crippen molar-refractivity contribution in [3.8, 4) is 11.5 Å². The zero-order valence-electron chi connectivity index (χ0n) is 45.3. The average Bonchev–Trinajstić information content (AvgIpc) is 4.01. The molecule has 4 aromatic heterocycles. The predicted molar refractivity (Wildman–Crippen MR) is 326 cm³/mol. The summed E-state index contributed by atoms with van der Waals surface area (Å²) in [5.74, 6) is 1.55. The molecular weight excluding hydrogens is 1110 g/mol. The Kier molecular flexibility index (Phi) is 21.7. The number of carbonyl (C=O) groups excluding carboxylic acids is 2. The fourth-order valence-electron chi connectivity index (χ4n) is 12.8. The fourth-order valence-corrected chi connectivity index (χ4v) is 12.8. The number of imidazole rings is 2. The van der Waals surface area contributed by atoms with Crippen molar-refractivity contribution < 1.29 is 19.4 Å². The Labute approximate surface area is 496 Å². The SMILES string of the molecule is COc1ccc2c(c1)CCC(NC(=O)CN1CCC(n3c(=O)[nH]c4ccccc43)CC1)C2Cc1cccnc1.Cl.Cl.Cl.Cl.O=C(CN1CCC(n2c(=O)[nH]c3ccccc32)CC1)NC1CCc2cc(O)ccc2C1Cc1cccnc1. The predicted octanol–water partition coefficient (Wildman–Crippen LogP) is 9.04. The number of nitrogens with zero attached hydrogens (tertiary/aromatic N) is 6. The normalized spacial score (nSPS) is 19.2. The van der Waals surface area contributed by atoms with Gasteiger partial charge in [-0.05, 0) is 158 Å². The second-order valence-electron chi connectivity index (χ2n) is 21.4. The van der Waals surface area contributed by atoms with Crippen LogP contribution < -0.4 is 26.7 Å². The number of fused-ring (bicyclic) bond motifs is 4. The molecule has 4 unspecified atom stereocenters. The topological polar surface area (TPSA) is 195 Å². The summed E-state index contributed by atoms with van der Waals surface area (Å²) in [7, 11) is 1.70. The Morgan fingerprint density at radius 2 is 1.02 bits per heavy atom. The number of nitrogens with one attached hydrogen (secondary N) is 4. The van der Waals surface area contributed by atoms with E-state index in [4.69, 9.17) is 4.74 Å². The second kappa shape index (κ2) is 28.4. The van der Waals surface area contributed by atoms with E-state index >= 15 is 0 Å². The number of aromatic amines is 2. The molecule has 4 aromatic carbocycles. The van der Waals surface area contributed by atoms with Gasteiger partial charge in [-0.1, -0.05) is 48.5 Å². The van der Waals surface area contributed by atoms with Gasteiger partial charge >= 0.3 is 11.4 Å². The highest BCUT2D eigenvalue weighted by molar-refractivity contribution is 5.86. The van der Waals surface area contributed by atoms with Crippen LogP contribution in [0.15, 0.2) is 144 Å². The van der Waals surface area contributed by atoms with E-state index in [1.807, 2.05) is 100 Å². The zero-order chi connectivity index (χ0) is 52.8. The molecule has 2 saturated heterocycles. The quantitative estimate of drug-likeness (QED) is 0.0744. The van der Waals surface area contributed by atoms with Gasteiger partial charge in [-0.2, -0.15) is 0 Å². The van der Waals surface area contributed by atoms with Crippen LogP contribution in [0, 0.1) is 0 Å². The summed E-state index contributed by atoms with van der Waals surface area (Å²) < 4.78 is 9.24. The van der Waals surface area contributed by atoms with Crippen molar-refractivity contribution >= 4 is 83.5 Å². The number of piperidine rings is 2. The van der Waals surface area contributed by atoms with Crippen LogP contribution >= 0.6 is 49.6 Å². The molecule has 0 bridgehead atoms. The number of pyridine rings is 2. The summed E-state index contributed by atoms with van der Waals surface area (Å²) in [5, 5.41) is 16.7. The van der Waals surface area contributed by atoms with E-state index in [0.717, 1.165) is 129 Å². The van der Waals surface area contributed by atoms with E-state index < -0.39 is 0 Å². The fraction of sp³-hybridized carbons (Fsp3) is 0.377. The molecule has 430 valence electrons. The Morgan fingerprint density at radius 3 is 1.47 bits per heavy atom. The van der Waals surface area contributed by atoms with Gasteiger partial charge in [0.15, 0.2) is 0 Å².